The van der Waals surface area contributed by atoms with Crippen molar-refractivity contribution in [2.75, 3.05) is 52.0 Å². The molecule has 0 unspecified atom stereocenters. The van der Waals surface area contributed by atoms with Crippen molar-refractivity contribution in [3.8, 4) is 0 Å². The van der Waals surface area contributed by atoms with Crippen LogP contribution in [0.25, 0.3) is 0 Å². The molecule has 0 atom stereocenters. The van der Waals surface area contributed by atoms with E-state index in [1.807, 2.05) is 20.2 Å². The highest BCUT2D eigenvalue weighted by Gasteiger charge is 2.00. The van der Waals surface area contributed by atoms with Crippen molar-refractivity contribution in [3.05, 3.63) is 11.9 Å². The third-order valence-corrected chi connectivity index (χ3v) is 2.38. The van der Waals surface area contributed by atoms with E-state index in [0.717, 1.165) is 17.9 Å². The van der Waals surface area contributed by atoms with Crippen LogP contribution in [0.2, 0.25) is 0 Å². The molecule has 1 N–H and O–H groups in total. The molecular formula is C12H23N3O3. The predicted octanol–water partition coefficient (Wildman–Crippen LogP) is 0.820. The van der Waals surface area contributed by atoms with Crippen molar-refractivity contribution >= 4 is 5.69 Å². The number of rotatable bonds is 10. The number of ether oxygens (including phenoxy) is 3. The quantitative estimate of drug-likeness (QED) is 0.629. The van der Waals surface area contributed by atoms with Gasteiger partial charge in [-0.1, -0.05) is 0 Å². The van der Waals surface area contributed by atoms with Crippen LogP contribution in [0, 0.1) is 6.92 Å². The number of methoxy groups -OCH3 is 1. The molecule has 6 heteroatoms. The van der Waals surface area contributed by atoms with Gasteiger partial charge >= 0.3 is 0 Å². The smallest absolute Gasteiger partial charge is 0.0824 e. The highest BCUT2D eigenvalue weighted by atomic mass is 16.5. The topological polar surface area (TPSA) is 57.5 Å². The number of aromatic nitrogens is 2. The maximum absolute atomic E-state index is 5.43. The Hall–Kier alpha value is -1.11. The molecule has 0 aliphatic rings. The Kier molecular flexibility index (Phi) is 7.40. The fourth-order valence-corrected chi connectivity index (χ4v) is 1.50. The second-order valence-corrected chi connectivity index (χ2v) is 3.95. The largest absolute Gasteiger partial charge is 0.382 e. The number of aryl methyl sites for hydroxylation is 2. The van der Waals surface area contributed by atoms with Crippen molar-refractivity contribution < 1.29 is 14.2 Å². The summed E-state index contributed by atoms with van der Waals surface area (Å²) in [5.74, 6) is 0. The van der Waals surface area contributed by atoms with E-state index in [-0.39, 0.29) is 0 Å². The third-order valence-electron chi connectivity index (χ3n) is 2.38. The van der Waals surface area contributed by atoms with Gasteiger partial charge in [0.25, 0.3) is 0 Å². The SMILES string of the molecule is COCCOCCOCCNc1cn(C)nc1C. The van der Waals surface area contributed by atoms with E-state index in [4.69, 9.17) is 14.2 Å². The summed E-state index contributed by atoms with van der Waals surface area (Å²) in [5, 5.41) is 7.53. The van der Waals surface area contributed by atoms with Crippen LogP contribution < -0.4 is 5.32 Å². The predicted molar refractivity (Wildman–Crippen MR) is 69.9 cm³/mol. The minimum absolute atomic E-state index is 0.606. The van der Waals surface area contributed by atoms with E-state index in [0.29, 0.717) is 33.0 Å². The molecule has 0 saturated heterocycles. The molecule has 0 aliphatic carbocycles. The molecule has 1 rings (SSSR count). The molecule has 0 amide bonds. The molecule has 6 nitrogen and oxygen atoms in total. The van der Waals surface area contributed by atoms with Crippen LogP contribution in [0.3, 0.4) is 0 Å². The Labute approximate surface area is 108 Å². The molecule has 0 fully saturated rings. The number of nitrogens with one attached hydrogen (secondary N) is 1. The summed E-state index contributed by atoms with van der Waals surface area (Å²) in [6.07, 6.45) is 1.96. The zero-order chi connectivity index (χ0) is 13.2. The summed E-state index contributed by atoms with van der Waals surface area (Å²) in [4.78, 5) is 0. The molecule has 104 valence electrons. The third kappa shape index (κ3) is 6.00. The summed E-state index contributed by atoms with van der Waals surface area (Å²) >= 11 is 0. The molecular weight excluding hydrogens is 234 g/mol. The van der Waals surface area contributed by atoms with Crippen LogP contribution in [-0.4, -0.2) is 56.5 Å². The lowest BCUT2D eigenvalue weighted by Crippen LogP contribution is -2.13. The van der Waals surface area contributed by atoms with Crippen LogP contribution in [0.15, 0.2) is 6.20 Å². The molecule has 0 bridgehead atoms. The van der Waals surface area contributed by atoms with Gasteiger partial charge in [0.2, 0.25) is 0 Å². The van der Waals surface area contributed by atoms with Gasteiger partial charge in [-0.3, -0.25) is 4.68 Å². The standard InChI is InChI=1S/C12H23N3O3/c1-11-12(10-15(2)14-11)13-4-5-17-8-9-18-7-6-16-3/h10,13H,4-9H2,1-3H3. The van der Waals surface area contributed by atoms with Crippen molar-refractivity contribution in [3.63, 3.8) is 0 Å². The van der Waals surface area contributed by atoms with Crippen molar-refractivity contribution in [2.24, 2.45) is 7.05 Å². The monoisotopic (exact) mass is 257 g/mol. The first-order chi connectivity index (χ1) is 8.74. The Bertz CT molecular complexity index is 328. The average molecular weight is 257 g/mol. The van der Waals surface area contributed by atoms with Crippen LogP contribution in [0.4, 0.5) is 5.69 Å². The van der Waals surface area contributed by atoms with Gasteiger partial charge in [0.1, 0.15) is 0 Å². The molecule has 1 heterocycles. The second kappa shape index (κ2) is 8.91. The van der Waals surface area contributed by atoms with Crippen molar-refractivity contribution in [1.29, 1.82) is 0 Å². The van der Waals surface area contributed by atoms with E-state index in [1.54, 1.807) is 11.8 Å². The molecule has 0 radical (unpaired) electrons. The van der Waals surface area contributed by atoms with Gasteiger partial charge in [-0.25, -0.2) is 0 Å². The van der Waals surface area contributed by atoms with Crippen LogP contribution in [0.5, 0.6) is 0 Å². The molecule has 18 heavy (non-hydrogen) atoms. The Morgan fingerprint density at radius 2 is 1.83 bits per heavy atom. The first kappa shape index (κ1) is 14.9. The zero-order valence-corrected chi connectivity index (χ0v) is 11.4. The summed E-state index contributed by atoms with van der Waals surface area (Å²) in [6.45, 7) is 5.86. The van der Waals surface area contributed by atoms with E-state index in [9.17, 15) is 0 Å². The number of hydrogen-bond donors (Lipinski definition) is 1. The summed E-state index contributed by atoms with van der Waals surface area (Å²) in [7, 11) is 3.57. The van der Waals surface area contributed by atoms with E-state index in [2.05, 4.69) is 10.4 Å². The van der Waals surface area contributed by atoms with E-state index < -0.39 is 0 Å². The van der Waals surface area contributed by atoms with Gasteiger partial charge in [-0.15, -0.1) is 0 Å². The number of nitrogens with zero attached hydrogens (tertiary/aromatic N) is 2. The first-order valence-electron chi connectivity index (χ1n) is 6.12. The van der Waals surface area contributed by atoms with Gasteiger partial charge < -0.3 is 19.5 Å². The summed E-state index contributed by atoms with van der Waals surface area (Å²) in [6, 6.07) is 0. The Morgan fingerprint density at radius 3 is 2.44 bits per heavy atom. The minimum Gasteiger partial charge on any atom is -0.382 e. The van der Waals surface area contributed by atoms with Crippen molar-refractivity contribution in [1.82, 2.24) is 9.78 Å². The summed E-state index contributed by atoms with van der Waals surface area (Å²) in [5.41, 5.74) is 2.05. The molecule has 1 aromatic rings. The van der Waals surface area contributed by atoms with E-state index >= 15 is 0 Å². The molecule has 0 aromatic carbocycles. The fraction of sp³-hybridized carbons (Fsp3) is 0.750. The molecule has 0 spiro atoms. The maximum atomic E-state index is 5.43. The first-order valence-corrected chi connectivity index (χ1v) is 6.12. The zero-order valence-electron chi connectivity index (χ0n) is 11.4. The van der Waals surface area contributed by atoms with Crippen molar-refractivity contribution in [2.45, 2.75) is 6.92 Å². The second-order valence-electron chi connectivity index (χ2n) is 3.95. The van der Waals surface area contributed by atoms with Crippen LogP contribution in [-0.2, 0) is 21.3 Å². The van der Waals surface area contributed by atoms with Gasteiger partial charge in [0.05, 0.1) is 44.4 Å². The highest BCUT2D eigenvalue weighted by Crippen LogP contribution is 2.10. The Balaban J connectivity index is 1.94. The van der Waals surface area contributed by atoms with E-state index in [1.165, 1.54) is 0 Å². The highest BCUT2D eigenvalue weighted by molar-refractivity contribution is 5.45. The number of hydrogen-bond acceptors (Lipinski definition) is 5. The average Bonchev–Trinajstić information content (AvgIpc) is 2.66. The summed E-state index contributed by atoms with van der Waals surface area (Å²) < 4.78 is 17.4. The lowest BCUT2D eigenvalue weighted by Gasteiger charge is -2.07. The number of anilines is 1. The van der Waals surface area contributed by atoms with Gasteiger partial charge in [-0.2, -0.15) is 5.10 Å². The molecule has 0 saturated carbocycles. The Morgan fingerprint density at radius 1 is 1.17 bits per heavy atom. The van der Waals surface area contributed by atoms with Gasteiger partial charge in [0, 0.05) is 26.9 Å². The van der Waals surface area contributed by atoms with Gasteiger partial charge in [-0.05, 0) is 6.92 Å². The normalized spacial score (nSPS) is 10.8. The minimum atomic E-state index is 0.606. The van der Waals surface area contributed by atoms with Crippen LogP contribution in [0.1, 0.15) is 5.69 Å². The molecule has 0 aliphatic heterocycles. The lowest BCUT2D eigenvalue weighted by atomic mass is 10.4. The van der Waals surface area contributed by atoms with Gasteiger partial charge in [0.15, 0.2) is 0 Å². The fourth-order valence-electron chi connectivity index (χ4n) is 1.50. The maximum Gasteiger partial charge on any atom is 0.0824 e. The van der Waals surface area contributed by atoms with Crippen LogP contribution >= 0.6 is 0 Å². The lowest BCUT2D eigenvalue weighted by molar-refractivity contribution is 0.0272. The molecule has 1 aromatic heterocycles.